The van der Waals surface area contributed by atoms with Crippen molar-refractivity contribution in [3.63, 3.8) is 0 Å². The van der Waals surface area contributed by atoms with E-state index in [2.05, 4.69) is 10.6 Å². The Morgan fingerprint density at radius 3 is 2.59 bits per heavy atom. The molecule has 2 fully saturated rings. The van der Waals surface area contributed by atoms with Gasteiger partial charge in [0, 0.05) is 18.1 Å². The highest BCUT2D eigenvalue weighted by molar-refractivity contribution is 5.74. The highest BCUT2D eigenvalue weighted by Crippen LogP contribution is 2.37. The summed E-state index contributed by atoms with van der Waals surface area (Å²) < 4.78 is 13.7. The fourth-order valence-corrected chi connectivity index (χ4v) is 3.53. The first-order valence-corrected chi connectivity index (χ1v) is 8.20. The van der Waals surface area contributed by atoms with Crippen molar-refractivity contribution in [2.45, 2.75) is 62.6 Å². The second-order valence-electron chi connectivity index (χ2n) is 6.56. The van der Waals surface area contributed by atoms with Gasteiger partial charge in [-0.05, 0) is 43.2 Å². The molecule has 2 atom stereocenters. The summed E-state index contributed by atoms with van der Waals surface area (Å²) in [6.07, 6.45) is 5.79. The lowest BCUT2D eigenvalue weighted by Crippen LogP contribution is -2.55. The van der Waals surface area contributed by atoms with Crippen molar-refractivity contribution < 1.29 is 9.18 Å². The Morgan fingerprint density at radius 2 is 1.86 bits per heavy atom. The molecular formula is C17H24FN3O. The Labute approximate surface area is 130 Å². The maximum Gasteiger partial charge on any atom is 0.315 e. The number of carbonyl (C=O) groups excluding carboxylic acids is 1. The first-order chi connectivity index (χ1) is 10.6. The minimum absolute atomic E-state index is 0.0621. The Bertz CT molecular complexity index is 530. The third kappa shape index (κ3) is 3.40. The second kappa shape index (κ2) is 6.65. The van der Waals surface area contributed by atoms with Crippen molar-refractivity contribution in [3.05, 3.63) is 35.6 Å². The van der Waals surface area contributed by atoms with Gasteiger partial charge in [0.25, 0.3) is 0 Å². The monoisotopic (exact) mass is 305 g/mol. The third-order valence-electron chi connectivity index (χ3n) is 4.95. The molecule has 120 valence electrons. The van der Waals surface area contributed by atoms with Crippen molar-refractivity contribution in [1.29, 1.82) is 0 Å². The molecule has 0 aliphatic heterocycles. The average molecular weight is 305 g/mol. The lowest BCUT2D eigenvalue weighted by atomic mass is 9.75. The van der Waals surface area contributed by atoms with Gasteiger partial charge in [0.15, 0.2) is 0 Å². The zero-order chi connectivity index (χ0) is 15.5. The van der Waals surface area contributed by atoms with Crippen LogP contribution in [0, 0.1) is 5.82 Å². The molecule has 2 aliphatic carbocycles. The maximum atomic E-state index is 13.7. The predicted octanol–water partition coefficient (Wildman–Crippen LogP) is 2.64. The first kappa shape index (κ1) is 15.3. The van der Waals surface area contributed by atoms with Crippen LogP contribution in [0.2, 0.25) is 0 Å². The van der Waals surface area contributed by atoms with Crippen molar-refractivity contribution in [3.8, 4) is 0 Å². The lowest BCUT2D eigenvalue weighted by molar-refractivity contribution is 0.212. The van der Waals surface area contributed by atoms with Gasteiger partial charge in [0.2, 0.25) is 0 Å². The molecule has 0 saturated heterocycles. The van der Waals surface area contributed by atoms with Crippen LogP contribution in [0.1, 0.15) is 50.0 Å². The fourth-order valence-electron chi connectivity index (χ4n) is 3.53. The van der Waals surface area contributed by atoms with Crippen molar-refractivity contribution in [2.75, 3.05) is 0 Å². The van der Waals surface area contributed by atoms with Crippen LogP contribution in [0.25, 0.3) is 0 Å². The van der Waals surface area contributed by atoms with Gasteiger partial charge in [-0.25, -0.2) is 9.18 Å². The summed E-state index contributed by atoms with van der Waals surface area (Å²) >= 11 is 0. The molecule has 0 bridgehead atoms. The molecule has 0 unspecified atom stereocenters. The highest BCUT2D eigenvalue weighted by Gasteiger charge is 2.33. The minimum atomic E-state index is -0.149. The van der Waals surface area contributed by atoms with Gasteiger partial charge in [-0.2, -0.15) is 0 Å². The summed E-state index contributed by atoms with van der Waals surface area (Å²) in [5, 5.41) is 5.96. The molecular weight excluding hydrogens is 281 g/mol. The first-order valence-electron chi connectivity index (χ1n) is 8.20. The molecule has 5 heteroatoms. The van der Waals surface area contributed by atoms with Crippen LogP contribution in [0.3, 0.4) is 0 Å². The number of amides is 2. The molecule has 4 nitrogen and oxygen atoms in total. The normalized spacial score (nSPS) is 31.2. The van der Waals surface area contributed by atoms with E-state index in [4.69, 9.17) is 5.73 Å². The van der Waals surface area contributed by atoms with E-state index >= 15 is 0 Å². The van der Waals surface area contributed by atoms with Gasteiger partial charge in [0.05, 0.1) is 0 Å². The molecule has 22 heavy (non-hydrogen) atoms. The van der Waals surface area contributed by atoms with E-state index < -0.39 is 0 Å². The van der Waals surface area contributed by atoms with E-state index in [1.54, 1.807) is 6.07 Å². The Morgan fingerprint density at radius 1 is 1.14 bits per heavy atom. The topological polar surface area (TPSA) is 67.1 Å². The number of urea groups is 1. The minimum Gasteiger partial charge on any atom is -0.335 e. The number of halogens is 1. The number of hydrogen-bond donors (Lipinski definition) is 3. The van der Waals surface area contributed by atoms with E-state index in [1.807, 2.05) is 12.1 Å². The summed E-state index contributed by atoms with van der Waals surface area (Å²) in [6.45, 7) is 0. The smallest absolute Gasteiger partial charge is 0.315 e. The van der Waals surface area contributed by atoms with Crippen LogP contribution < -0.4 is 16.4 Å². The Hall–Kier alpha value is -1.62. The number of benzene rings is 1. The number of carbonyl (C=O) groups is 1. The molecule has 0 aromatic heterocycles. The third-order valence-corrected chi connectivity index (χ3v) is 4.95. The van der Waals surface area contributed by atoms with Crippen molar-refractivity contribution in [2.24, 2.45) is 5.73 Å². The highest BCUT2D eigenvalue weighted by atomic mass is 19.1. The Kier molecular flexibility index (Phi) is 4.62. The van der Waals surface area contributed by atoms with Crippen molar-refractivity contribution >= 4 is 6.03 Å². The molecule has 2 amide bonds. The molecule has 0 heterocycles. The summed E-state index contributed by atoms with van der Waals surface area (Å²) in [6, 6.07) is 7.02. The maximum absolute atomic E-state index is 13.7. The summed E-state index contributed by atoms with van der Waals surface area (Å²) in [4.78, 5) is 12.0. The van der Waals surface area contributed by atoms with Gasteiger partial charge < -0.3 is 16.4 Å². The van der Waals surface area contributed by atoms with Gasteiger partial charge in [-0.3, -0.25) is 0 Å². The molecule has 1 aromatic carbocycles. The lowest BCUT2D eigenvalue weighted by Gasteiger charge is -2.37. The SMILES string of the molecule is N[C@@H]1CCCC[C@H]1NC(=O)NC1CC(c2ccccc2F)C1. The van der Waals surface area contributed by atoms with Gasteiger partial charge in [-0.15, -0.1) is 0 Å². The van der Waals surface area contributed by atoms with Crippen molar-refractivity contribution in [1.82, 2.24) is 10.6 Å². The average Bonchev–Trinajstić information content (AvgIpc) is 2.46. The van der Waals surface area contributed by atoms with Crippen LogP contribution in [-0.4, -0.2) is 24.2 Å². The molecule has 4 N–H and O–H groups in total. The van der Waals surface area contributed by atoms with Crippen LogP contribution in [-0.2, 0) is 0 Å². The molecule has 0 spiro atoms. The van der Waals surface area contributed by atoms with Crippen LogP contribution >= 0.6 is 0 Å². The van der Waals surface area contributed by atoms with E-state index in [-0.39, 0.29) is 35.9 Å². The van der Waals surface area contributed by atoms with E-state index in [0.29, 0.717) is 0 Å². The predicted molar refractivity (Wildman–Crippen MR) is 84.1 cm³/mol. The number of nitrogens with two attached hydrogens (primary N) is 1. The fraction of sp³-hybridized carbons (Fsp3) is 0.588. The zero-order valence-electron chi connectivity index (χ0n) is 12.7. The quantitative estimate of drug-likeness (QED) is 0.803. The molecule has 3 rings (SSSR count). The zero-order valence-corrected chi connectivity index (χ0v) is 12.7. The Balaban J connectivity index is 1.44. The molecule has 0 radical (unpaired) electrons. The van der Waals surface area contributed by atoms with E-state index in [9.17, 15) is 9.18 Å². The van der Waals surface area contributed by atoms with Crippen LogP contribution in [0.5, 0.6) is 0 Å². The largest absolute Gasteiger partial charge is 0.335 e. The van der Waals surface area contributed by atoms with Crippen LogP contribution in [0.15, 0.2) is 24.3 Å². The van der Waals surface area contributed by atoms with E-state index in [1.165, 1.54) is 6.07 Å². The van der Waals surface area contributed by atoms with Gasteiger partial charge in [0.1, 0.15) is 5.82 Å². The molecule has 1 aromatic rings. The summed E-state index contributed by atoms with van der Waals surface area (Å²) in [5.74, 6) is 0.0621. The van der Waals surface area contributed by atoms with Gasteiger partial charge in [-0.1, -0.05) is 31.0 Å². The molecule has 2 saturated carbocycles. The summed E-state index contributed by atoms with van der Waals surface area (Å²) in [5.41, 5.74) is 6.79. The second-order valence-corrected chi connectivity index (χ2v) is 6.56. The van der Waals surface area contributed by atoms with Gasteiger partial charge >= 0.3 is 6.03 Å². The number of hydrogen-bond acceptors (Lipinski definition) is 2. The molecule has 2 aliphatic rings. The summed E-state index contributed by atoms with van der Waals surface area (Å²) in [7, 11) is 0. The number of nitrogens with one attached hydrogen (secondary N) is 2. The number of rotatable bonds is 3. The van der Waals surface area contributed by atoms with Crippen LogP contribution in [0.4, 0.5) is 9.18 Å². The van der Waals surface area contributed by atoms with E-state index in [0.717, 1.165) is 44.1 Å². The standard InChI is InChI=1S/C17H24FN3O/c18-14-6-2-1-5-13(14)11-9-12(10-11)20-17(22)21-16-8-4-3-7-15(16)19/h1-2,5-6,11-12,15-16H,3-4,7-10,19H2,(H2,20,21,22)/t11?,12?,15-,16-/m1/s1.